The molecule has 0 saturated carbocycles. The Morgan fingerprint density at radius 1 is 1.33 bits per heavy atom. The first-order chi connectivity index (χ1) is 8.41. The summed E-state index contributed by atoms with van der Waals surface area (Å²) in [6.45, 7) is 7.60. The van der Waals surface area contributed by atoms with Gasteiger partial charge in [-0.2, -0.15) is 0 Å². The van der Waals surface area contributed by atoms with Gasteiger partial charge in [0.1, 0.15) is 5.54 Å². The number of benzene rings is 1. The molecule has 1 atom stereocenters. The van der Waals surface area contributed by atoms with Crippen LogP contribution in [0.25, 0.3) is 0 Å². The molecule has 0 aromatic heterocycles. The lowest BCUT2D eigenvalue weighted by Gasteiger charge is -2.31. The molecule has 1 saturated heterocycles. The van der Waals surface area contributed by atoms with Gasteiger partial charge in [-0.1, -0.05) is 29.3 Å². The van der Waals surface area contributed by atoms with Gasteiger partial charge in [0.15, 0.2) is 0 Å². The van der Waals surface area contributed by atoms with Crippen LogP contribution in [0.15, 0.2) is 18.2 Å². The van der Waals surface area contributed by atoms with E-state index in [1.807, 2.05) is 6.92 Å². The van der Waals surface area contributed by atoms with Crippen molar-refractivity contribution in [1.29, 1.82) is 0 Å². The molecule has 2 rings (SSSR count). The number of aliphatic carboxylic acids is 1. The highest BCUT2D eigenvalue weighted by molar-refractivity contribution is 5.78. The Morgan fingerprint density at radius 2 is 1.94 bits per heavy atom. The highest BCUT2D eigenvalue weighted by Gasteiger charge is 2.43. The van der Waals surface area contributed by atoms with Crippen molar-refractivity contribution in [3.05, 3.63) is 34.9 Å². The minimum Gasteiger partial charge on any atom is -0.480 e. The normalized spacial score (nSPS) is 24.4. The predicted molar refractivity (Wildman–Crippen MR) is 71.6 cm³/mol. The van der Waals surface area contributed by atoms with Crippen LogP contribution in [0, 0.1) is 13.8 Å². The number of aryl methyl sites for hydroxylation is 2. The van der Waals surface area contributed by atoms with E-state index in [0.717, 1.165) is 25.9 Å². The zero-order valence-corrected chi connectivity index (χ0v) is 11.4. The third-order valence-electron chi connectivity index (χ3n) is 3.91. The molecule has 0 amide bonds. The summed E-state index contributed by atoms with van der Waals surface area (Å²) in [5, 5.41) is 9.39. The summed E-state index contributed by atoms with van der Waals surface area (Å²) in [6.07, 6.45) is 1.71. The largest absolute Gasteiger partial charge is 0.480 e. The lowest BCUT2D eigenvalue weighted by atomic mass is 9.98. The number of carboxylic acid groups (broad SMARTS) is 1. The van der Waals surface area contributed by atoms with Crippen LogP contribution in [0.5, 0.6) is 0 Å². The van der Waals surface area contributed by atoms with Crippen LogP contribution in [0.2, 0.25) is 0 Å². The number of hydrogen-bond acceptors (Lipinski definition) is 2. The molecule has 0 radical (unpaired) electrons. The summed E-state index contributed by atoms with van der Waals surface area (Å²) in [5.74, 6) is -0.704. The Labute approximate surface area is 108 Å². The van der Waals surface area contributed by atoms with Crippen molar-refractivity contribution < 1.29 is 9.90 Å². The Bertz CT molecular complexity index is 449. The molecule has 18 heavy (non-hydrogen) atoms. The molecule has 1 aliphatic heterocycles. The first kappa shape index (κ1) is 13.1. The molecule has 1 fully saturated rings. The van der Waals surface area contributed by atoms with Gasteiger partial charge in [-0.25, -0.2) is 0 Å². The highest BCUT2D eigenvalue weighted by atomic mass is 16.4. The Balaban J connectivity index is 2.20. The Kier molecular flexibility index (Phi) is 3.44. The van der Waals surface area contributed by atoms with Gasteiger partial charge in [-0.05, 0) is 45.7 Å². The molecule has 0 aliphatic carbocycles. The first-order valence-electron chi connectivity index (χ1n) is 6.47. The van der Waals surface area contributed by atoms with E-state index in [9.17, 15) is 9.90 Å². The molecule has 0 bridgehead atoms. The molecular weight excluding hydrogens is 226 g/mol. The van der Waals surface area contributed by atoms with Crippen LogP contribution < -0.4 is 0 Å². The van der Waals surface area contributed by atoms with Crippen LogP contribution in [-0.4, -0.2) is 28.1 Å². The lowest BCUT2D eigenvalue weighted by molar-refractivity contribution is -0.148. The SMILES string of the molecule is Cc1cc(C)cc(CN2CCCC2(C)C(=O)O)c1. The molecule has 1 aromatic carbocycles. The van der Waals surface area contributed by atoms with Gasteiger partial charge in [0.05, 0.1) is 0 Å². The van der Waals surface area contributed by atoms with Crippen molar-refractivity contribution in [2.45, 2.75) is 45.7 Å². The van der Waals surface area contributed by atoms with Gasteiger partial charge in [-0.15, -0.1) is 0 Å². The second kappa shape index (κ2) is 4.73. The maximum atomic E-state index is 11.4. The standard InChI is InChI=1S/C15H21NO2/c1-11-7-12(2)9-13(8-11)10-16-6-4-5-15(16,3)14(17)18/h7-9H,4-6,10H2,1-3H3,(H,17,18). The molecule has 1 heterocycles. The molecule has 1 aromatic rings. The molecule has 1 N–H and O–H groups in total. The van der Waals surface area contributed by atoms with E-state index in [4.69, 9.17) is 0 Å². The van der Waals surface area contributed by atoms with Crippen molar-refractivity contribution in [3.8, 4) is 0 Å². The van der Waals surface area contributed by atoms with Gasteiger partial charge in [0.2, 0.25) is 0 Å². The fourth-order valence-corrected chi connectivity index (χ4v) is 2.90. The fourth-order valence-electron chi connectivity index (χ4n) is 2.90. The zero-order valence-electron chi connectivity index (χ0n) is 11.4. The summed E-state index contributed by atoms with van der Waals surface area (Å²) in [4.78, 5) is 13.5. The summed E-state index contributed by atoms with van der Waals surface area (Å²) in [5.41, 5.74) is 2.99. The zero-order chi connectivity index (χ0) is 13.3. The monoisotopic (exact) mass is 247 g/mol. The van der Waals surface area contributed by atoms with E-state index in [-0.39, 0.29) is 0 Å². The highest BCUT2D eigenvalue weighted by Crippen LogP contribution is 2.31. The summed E-state index contributed by atoms with van der Waals surface area (Å²) in [7, 11) is 0. The van der Waals surface area contributed by atoms with Crippen molar-refractivity contribution in [2.24, 2.45) is 0 Å². The predicted octanol–water partition coefficient (Wildman–Crippen LogP) is 2.74. The minimum absolute atomic E-state index is 0.697. The minimum atomic E-state index is -0.704. The van der Waals surface area contributed by atoms with E-state index >= 15 is 0 Å². The van der Waals surface area contributed by atoms with Gasteiger partial charge in [0.25, 0.3) is 0 Å². The maximum Gasteiger partial charge on any atom is 0.323 e. The van der Waals surface area contributed by atoms with Gasteiger partial charge in [-0.3, -0.25) is 9.69 Å². The molecule has 98 valence electrons. The third kappa shape index (κ3) is 2.41. The molecular formula is C15H21NO2. The van der Waals surface area contributed by atoms with Crippen molar-refractivity contribution >= 4 is 5.97 Å². The maximum absolute atomic E-state index is 11.4. The van der Waals surface area contributed by atoms with Crippen molar-refractivity contribution in [3.63, 3.8) is 0 Å². The molecule has 1 aliphatic rings. The summed E-state index contributed by atoms with van der Waals surface area (Å²) in [6, 6.07) is 6.44. The van der Waals surface area contributed by atoms with E-state index in [1.165, 1.54) is 16.7 Å². The molecule has 3 heteroatoms. The van der Waals surface area contributed by atoms with Crippen LogP contribution >= 0.6 is 0 Å². The fraction of sp³-hybridized carbons (Fsp3) is 0.533. The van der Waals surface area contributed by atoms with Gasteiger partial charge in [0, 0.05) is 6.54 Å². The lowest BCUT2D eigenvalue weighted by Crippen LogP contribution is -2.47. The van der Waals surface area contributed by atoms with Gasteiger partial charge >= 0.3 is 5.97 Å². The van der Waals surface area contributed by atoms with Crippen molar-refractivity contribution in [1.82, 2.24) is 4.90 Å². The molecule has 0 spiro atoms. The smallest absolute Gasteiger partial charge is 0.323 e. The second-order valence-electron chi connectivity index (χ2n) is 5.60. The number of rotatable bonds is 3. The van der Waals surface area contributed by atoms with Gasteiger partial charge < -0.3 is 5.11 Å². The Morgan fingerprint density at radius 3 is 2.50 bits per heavy atom. The summed E-state index contributed by atoms with van der Waals surface area (Å²) < 4.78 is 0. The van der Waals surface area contributed by atoms with E-state index < -0.39 is 11.5 Å². The number of likely N-dealkylation sites (tertiary alicyclic amines) is 1. The van der Waals surface area contributed by atoms with E-state index in [2.05, 4.69) is 36.9 Å². The number of hydrogen-bond donors (Lipinski definition) is 1. The molecule has 1 unspecified atom stereocenters. The number of carboxylic acids is 1. The number of carbonyl (C=O) groups is 1. The topological polar surface area (TPSA) is 40.5 Å². The van der Waals surface area contributed by atoms with Crippen LogP contribution in [0.1, 0.15) is 36.5 Å². The van der Waals surface area contributed by atoms with E-state index in [1.54, 1.807) is 0 Å². The quantitative estimate of drug-likeness (QED) is 0.892. The third-order valence-corrected chi connectivity index (χ3v) is 3.91. The average molecular weight is 247 g/mol. The first-order valence-corrected chi connectivity index (χ1v) is 6.47. The second-order valence-corrected chi connectivity index (χ2v) is 5.60. The molecule has 3 nitrogen and oxygen atoms in total. The van der Waals surface area contributed by atoms with Crippen LogP contribution in [0.4, 0.5) is 0 Å². The number of nitrogens with zero attached hydrogens (tertiary/aromatic N) is 1. The van der Waals surface area contributed by atoms with Crippen LogP contribution in [0.3, 0.4) is 0 Å². The average Bonchev–Trinajstić information content (AvgIpc) is 2.60. The van der Waals surface area contributed by atoms with Crippen molar-refractivity contribution in [2.75, 3.05) is 6.54 Å². The summed E-state index contributed by atoms with van der Waals surface area (Å²) >= 11 is 0. The van der Waals surface area contributed by atoms with E-state index in [0.29, 0.717) is 0 Å². The Hall–Kier alpha value is -1.35. The van der Waals surface area contributed by atoms with Crippen LogP contribution in [-0.2, 0) is 11.3 Å².